The van der Waals surface area contributed by atoms with Gasteiger partial charge in [0.1, 0.15) is 5.00 Å². The Kier molecular flexibility index (Phi) is 3.30. The van der Waals surface area contributed by atoms with Crippen molar-refractivity contribution in [1.29, 1.82) is 0 Å². The molecule has 0 spiro atoms. The fourth-order valence-electron chi connectivity index (χ4n) is 1.95. The van der Waals surface area contributed by atoms with Crippen LogP contribution in [0.5, 0.6) is 0 Å². The van der Waals surface area contributed by atoms with Crippen LogP contribution in [0.1, 0.15) is 27.2 Å². The fraction of sp³-hybridized carbons (Fsp3) is 0.400. The second-order valence-corrected chi connectivity index (χ2v) is 4.76. The third-order valence-corrected chi connectivity index (χ3v) is 3.88. The first-order valence-electron chi connectivity index (χ1n) is 5.17. The van der Waals surface area contributed by atoms with Crippen LogP contribution in [0.15, 0.2) is 0 Å². The van der Waals surface area contributed by atoms with Crippen LogP contribution < -0.4 is 16.6 Å². The zero-order chi connectivity index (χ0) is 12.4. The van der Waals surface area contributed by atoms with Gasteiger partial charge in [0.2, 0.25) is 0 Å². The predicted molar refractivity (Wildman–Crippen MR) is 64.0 cm³/mol. The maximum atomic E-state index is 11.7. The summed E-state index contributed by atoms with van der Waals surface area (Å²) in [6.45, 7) is 0. The molecule has 0 aromatic carbocycles. The van der Waals surface area contributed by atoms with Gasteiger partial charge in [0, 0.05) is 4.88 Å². The number of carbonyl (C=O) groups excluding carboxylic acids is 2. The zero-order valence-corrected chi connectivity index (χ0v) is 10.1. The third kappa shape index (κ3) is 2.11. The molecule has 0 fully saturated rings. The van der Waals surface area contributed by atoms with E-state index in [2.05, 4.69) is 5.32 Å². The van der Waals surface area contributed by atoms with Crippen molar-refractivity contribution >= 4 is 28.3 Å². The molecular formula is C10H13N3O3S. The molecular weight excluding hydrogens is 242 g/mol. The van der Waals surface area contributed by atoms with E-state index < -0.39 is 12.0 Å². The summed E-state index contributed by atoms with van der Waals surface area (Å²) in [5.41, 5.74) is 3.43. The number of aryl methyl sites for hydroxylation is 1. The Morgan fingerprint density at radius 2 is 2.18 bits per heavy atom. The van der Waals surface area contributed by atoms with Crippen LogP contribution in [0.3, 0.4) is 0 Å². The van der Waals surface area contributed by atoms with E-state index in [9.17, 15) is 9.59 Å². The SMILES string of the molecule is COC(=O)c1c(NC(=O)NN)sc2c1CCC2. The van der Waals surface area contributed by atoms with Gasteiger partial charge in [-0.15, -0.1) is 11.3 Å². The van der Waals surface area contributed by atoms with Crippen molar-refractivity contribution in [3.05, 3.63) is 16.0 Å². The highest BCUT2D eigenvalue weighted by Crippen LogP contribution is 2.39. The van der Waals surface area contributed by atoms with E-state index in [-0.39, 0.29) is 0 Å². The largest absolute Gasteiger partial charge is 0.465 e. The lowest BCUT2D eigenvalue weighted by Gasteiger charge is -2.05. The molecule has 0 aliphatic heterocycles. The molecule has 17 heavy (non-hydrogen) atoms. The smallest absolute Gasteiger partial charge is 0.341 e. The lowest BCUT2D eigenvalue weighted by molar-refractivity contribution is 0.0601. The molecule has 0 saturated carbocycles. The fourth-order valence-corrected chi connectivity index (χ4v) is 3.22. The maximum absolute atomic E-state index is 11.7. The van der Waals surface area contributed by atoms with E-state index in [1.807, 2.05) is 5.43 Å². The Bertz CT molecular complexity index is 470. The van der Waals surface area contributed by atoms with Gasteiger partial charge in [-0.05, 0) is 24.8 Å². The van der Waals surface area contributed by atoms with Gasteiger partial charge < -0.3 is 4.74 Å². The number of hydrogen-bond acceptors (Lipinski definition) is 5. The van der Waals surface area contributed by atoms with Crippen molar-refractivity contribution in [1.82, 2.24) is 5.43 Å². The first-order chi connectivity index (χ1) is 8.17. The Balaban J connectivity index is 2.38. The molecule has 1 heterocycles. The number of nitrogens with two attached hydrogens (primary N) is 1. The number of thiophene rings is 1. The van der Waals surface area contributed by atoms with Crippen molar-refractivity contribution < 1.29 is 14.3 Å². The average Bonchev–Trinajstić information content (AvgIpc) is 2.87. The summed E-state index contributed by atoms with van der Waals surface area (Å²) in [6.07, 6.45) is 2.83. The summed E-state index contributed by atoms with van der Waals surface area (Å²) in [7, 11) is 1.33. The molecule has 0 saturated heterocycles. The molecule has 7 heteroatoms. The Hall–Kier alpha value is -1.60. The normalized spacial score (nSPS) is 13.1. The third-order valence-electron chi connectivity index (χ3n) is 2.67. The van der Waals surface area contributed by atoms with Gasteiger partial charge in [-0.1, -0.05) is 0 Å². The minimum atomic E-state index is -0.546. The first kappa shape index (κ1) is 11.9. The number of hydrazine groups is 1. The summed E-state index contributed by atoms with van der Waals surface area (Å²) in [4.78, 5) is 24.0. The average molecular weight is 255 g/mol. The first-order valence-corrected chi connectivity index (χ1v) is 5.99. The number of carbonyl (C=O) groups is 2. The molecule has 0 bridgehead atoms. The van der Waals surface area contributed by atoms with Gasteiger partial charge in [-0.25, -0.2) is 15.4 Å². The zero-order valence-electron chi connectivity index (χ0n) is 9.33. The van der Waals surface area contributed by atoms with Gasteiger partial charge in [0.05, 0.1) is 12.7 Å². The van der Waals surface area contributed by atoms with Crippen LogP contribution in [0.2, 0.25) is 0 Å². The number of amides is 2. The van der Waals surface area contributed by atoms with Gasteiger partial charge in [-0.3, -0.25) is 10.7 Å². The monoisotopic (exact) mass is 255 g/mol. The number of nitrogens with one attached hydrogen (secondary N) is 2. The number of rotatable bonds is 2. The van der Waals surface area contributed by atoms with Crippen molar-refractivity contribution in [2.45, 2.75) is 19.3 Å². The molecule has 92 valence electrons. The van der Waals surface area contributed by atoms with Crippen LogP contribution in [0, 0.1) is 0 Å². The molecule has 1 aliphatic carbocycles. The summed E-state index contributed by atoms with van der Waals surface area (Å²) in [6, 6.07) is -0.546. The molecule has 1 aromatic heterocycles. The molecule has 0 radical (unpaired) electrons. The van der Waals surface area contributed by atoms with E-state index in [1.54, 1.807) is 0 Å². The molecule has 1 aromatic rings. The molecule has 4 N–H and O–H groups in total. The van der Waals surface area contributed by atoms with Gasteiger partial charge >= 0.3 is 12.0 Å². The van der Waals surface area contributed by atoms with E-state index >= 15 is 0 Å². The van der Waals surface area contributed by atoms with Gasteiger partial charge in [0.25, 0.3) is 0 Å². The van der Waals surface area contributed by atoms with Crippen LogP contribution in [0.25, 0.3) is 0 Å². The van der Waals surface area contributed by atoms with Crippen LogP contribution >= 0.6 is 11.3 Å². The van der Waals surface area contributed by atoms with Crippen LogP contribution in [0.4, 0.5) is 9.80 Å². The van der Waals surface area contributed by atoms with Crippen molar-refractivity contribution in [3.63, 3.8) is 0 Å². The maximum Gasteiger partial charge on any atom is 0.341 e. The molecule has 2 rings (SSSR count). The lowest BCUT2D eigenvalue weighted by atomic mass is 10.1. The second kappa shape index (κ2) is 4.72. The Labute approximate surface area is 102 Å². The number of methoxy groups -OCH3 is 1. The number of esters is 1. The summed E-state index contributed by atoms with van der Waals surface area (Å²) in [5, 5.41) is 3.05. The molecule has 6 nitrogen and oxygen atoms in total. The quantitative estimate of drug-likeness (QED) is 0.318. The van der Waals surface area contributed by atoms with Gasteiger partial charge in [0.15, 0.2) is 0 Å². The summed E-state index contributed by atoms with van der Waals surface area (Å²) >= 11 is 1.41. The number of ether oxygens (including phenoxy) is 1. The van der Waals surface area contributed by atoms with Crippen molar-refractivity contribution in [2.75, 3.05) is 12.4 Å². The van der Waals surface area contributed by atoms with Crippen molar-refractivity contribution in [3.8, 4) is 0 Å². The van der Waals surface area contributed by atoms with Crippen LogP contribution in [-0.2, 0) is 17.6 Å². The van der Waals surface area contributed by atoms with Crippen LogP contribution in [-0.4, -0.2) is 19.1 Å². The molecule has 2 amide bonds. The number of anilines is 1. The number of fused-ring (bicyclic) bond motifs is 1. The van der Waals surface area contributed by atoms with Crippen molar-refractivity contribution in [2.24, 2.45) is 5.84 Å². The second-order valence-electron chi connectivity index (χ2n) is 3.65. The molecule has 1 aliphatic rings. The lowest BCUT2D eigenvalue weighted by Crippen LogP contribution is -2.34. The minimum absolute atomic E-state index is 0.420. The van der Waals surface area contributed by atoms with E-state index in [0.29, 0.717) is 10.6 Å². The minimum Gasteiger partial charge on any atom is -0.465 e. The standard InChI is InChI=1S/C10H13N3O3S/c1-16-9(14)7-5-3-2-4-6(5)17-8(7)12-10(15)13-11/h2-4,11H2,1H3,(H2,12,13,15). The number of urea groups is 1. The Morgan fingerprint density at radius 3 is 2.82 bits per heavy atom. The molecule has 0 atom stereocenters. The highest BCUT2D eigenvalue weighted by atomic mass is 32.1. The summed E-state index contributed by atoms with van der Waals surface area (Å²) in [5.74, 6) is 4.58. The molecule has 0 unspecified atom stereocenters. The van der Waals surface area contributed by atoms with E-state index in [4.69, 9.17) is 10.6 Å². The topological polar surface area (TPSA) is 93.4 Å². The highest BCUT2D eigenvalue weighted by Gasteiger charge is 2.27. The van der Waals surface area contributed by atoms with E-state index in [1.165, 1.54) is 18.4 Å². The summed E-state index contributed by atoms with van der Waals surface area (Å²) < 4.78 is 4.74. The Morgan fingerprint density at radius 1 is 1.41 bits per heavy atom. The predicted octanol–water partition coefficient (Wildman–Crippen LogP) is 1.02. The number of hydrogen-bond donors (Lipinski definition) is 3. The highest BCUT2D eigenvalue weighted by molar-refractivity contribution is 7.17. The van der Waals surface area contributed by atoms with Gasteiger partial charge in [-0.2, -0.15) is 0 Å². The van der Waals surface area contributed by atoms with E-state index in [0.717, 1.165) is 29.7 Å².